The Bertz CT molecular complexity index is 611. The molecule has 108 valence electrons. The summed E-state index contributed by atoms with van der Waals surface area (Å²) in [5.74, 6) is 5.14. The third-order valence-corrected chi connectivity index (χ3v) is 4.40. The largest absolute Gasteiger partial charge is 0.308 e. The molecule has 1 rings (SSSR count). The van der Waals surface area contributed by atoms with Crippen LogP contribution in [0.2, 0.25) is 0 Å². The van der Waals surface area contributed by atoms with Crippen LogP contribution in [0.3, 0.4) is 0 Å². The van der Waals surface area contributed by atoms with E-state index in [1.807, 2.05) is 0 Å². The predicted molar refractivity (Wildman–Crippen MR) is 69.8 cm³/mol. The molecule has 0 spiro atoms. The fourth-order valence-corrected chi connectivity index (χ4v) is 2.75. The van der Waals surface area contributed by atoms with Crippen molar-refractivity contribution in [2.24, 2.45) is 11.0 Å². The van der Waals surface area contributed by atoms with Crippen molar-refractivity contribution in [3.8, 4) is 0 Å². The molecular weight excluding hydrogens is 294 g/mol. The highest BCUT2D eigenvalue weighted by molar-refractivity contribution is 7.89. The maximum absolute atomic E-state index is 11.8. The SMILES string of the molecule is NNc1ccc(S(=O)(=O)NCCCS(N)(=O)=O)cn1. The van der Waals surface area contributed by atoms with Gasteiger partial charge >= 0.3 is 0 Å². The van der Waals surface area contributed by atoms with Crippen molar-refractivity contribution in [2.45, 2.75) is 11.3 Å². The molecule has 1 heterocycles. The zero-order chi connectivity index (χ0) is 14.5. The molecule has 0 saturated heterocycles. The van der Waals surface area contributed by atoms with Crippen molar-refractivity contribution < 1.29 is 16.8 Å². The van der Waals surface area contributed by atoms with Crippen LogP contribution < -0.4 is 21.1 Å². The quantitative estimate of drug-likeness (QED) is 0.266. The first-order chi connectivity index (χ1) is 8.74. The summed E-state index contributed by atoms with van der Waals surface area (Å²) in [5.41, 5.74) is 2.27. The van der Waals surface area contributed by atoms with Crippen molar-refractivity contribution in [3.63, 3.8) is 0 Å². The average Bonchev–Trinajstić information content (AvgIpc) is 2.34. The van der Waals surface area contributed by atoms with Gasteiger partial charge in [0, 0.05) is 12.7 Å². The van der Waals surface area contributed by atoms with E-state index >= 15 is 0 Å². The van der Waals surface area contributed by atoms with Crippen LogP contribution in [-0.2, 0) is 20.0 Å². The van der Waals surface area contributed by atoms with Gasteiger partial charge in [0.25, 0.3) is 0 Å². The molecular formula is C8H15N5O4S2. The Kier molecular flexibility index (Phi) is 5.20. The Morgan fingerprint density at radius 1 is 1.21 bits per heavy atom. The maximum Gasteiger partial charge on any atom is 0.242 e. The summed E-state index contributed by atoms with van der Waals surface area (Å²) in [6.45, 7) is -0.0321. The number of anilines is 1. The number of nitrogens with zero attached hydrogens (tertiary/aromatic N) is 1. The van der Waals surface area contributed by atoms with Crippen LogP contribution >= 0.6 is 0 Å². The highest BCUT2D eigenvalue weighted by Gasteiger charge is 2.14. The van der Waals surface area contributed by atoms with Crippen LogP contribution in [0.15, 0.2) is 23.2 Å². The summed E-state index contributed by atoms with van der Waals surface area (Å²) >= 11 is 0. The second kappa shape index (κ2) is 6.25. The number of sulfonamides is 2. The zero-order valence-electron chi connectivity index (χ0n) is 9.90. The van der Waals surface area contributed by atoms with Crippen molar-refractivity contribution in [1.29, 1.82) is 0 Å². The first-order valence-corrected chi connectivity index (χ1v) is 8.37. The van der Waals surface area contributed by atoms with Gasteiger partial charge in [-0.05, 0) is 18.6 Å². The van der Waals surface area contributed by atoms with Crippen LogP contribution in [0.1, 0.15) is 6.42 Å². The lowest BCUT2D eigenvalue weighted by atomic mass is 10.5. The highest BCUT2D eigenvalue weighted by atomic mass is 32.2. The van der Waals surface area contributed by atoms with Gasteiger partial charge in [0.2, 0.25) is 20.0 Å². The normalized spacial score (nSPS) is 12.3. The van der Waals surface area contributed by atoms with Gasteiger partial charge in [-0.2, -0.15) is 0 Å². The Labute approximate surface area is 111 Å². The summed E-state index contributed by atoms with van der Waals surface area (Å²) in [4.78, 5) is 3.72. The summed E-state index contributed by atoms with van der Waals surface area (Å²) in [6.07, 6.45) is 1.23. The molecule has 0 saturated carbocycles. The molecule has 0 radical (unpaired) electrons. The topological polar surface area (TPSA) is 157 Å². The third-order valence-electron chi connectivity index (χ3n) is 2.09. The molecule has 11 heteroatoms. The number of hydrogen-bond donors (Lipinski definition) is 4. The molecule has 0 aliphatic rings. The number of hydrogen-bond acceptors (Lipinski definition) is 7. The Balaban J connectivity index is 2.60. The molecule has 6 N–H and O–H groups in total. The number of primary sulfonamides is 1. The number of nitrogens with two attached hydrogens (primary N) is 2. The molecule has 1 aromatic heterocycles. The number of pyridine rings is 1. The van der Waals surface area contributed by atoms with E-state index in [0.29, 0.717) is 5.82 Å². The molecule has 0 amide bonds. The fourth-order valence-electron chi connectivity index (χ4n) is 1.19. The van der Waals surface area contributed by atoms with Gasteiger partial charge < -0.3 is 5.43 Å². The summed E-state index contributed by atoms with van der Waals surface area (Å²) in [5, 5.41) is 4.79. The van der Waals surface area contributed by atoms with Crippen LogP contribution in [0.25, 0.3) is 0 Å². The van der Waals surface area contributed by atoms with Crippen LogP contribution in [0.5, 0.6) is 0 Å². The van der Waals surface area contributed by atoms with Crippen LogP contribution in [0.4, 0.5) is 5.82 Å². The van der Waals surface area contributed by atoms with E-state index in [1.54, 1.807) is 0 Å². The van der Waals surface area contributed by atoms with Crippen molar-refractivity contribution in [1.82, 2.24) is 9.71 Å². The van der Waals surface area contributed by atoms with Gasteiger partial charge in [-0.1, -0.05) is 0 Å². The molecule has 0 atom stereocenters. The van der Waals surface area contributed by atoms with Crippen LogP contribution in [0, 0.1) is 0 Å². The van der Waals surface area contributed by atoms with Gasteiger partial charge in [0.1, 0.15) is 10.7 Å². The molecule has 9 nitrogen and oxygen atoms in total. The summed E-state index contributed by atoms with van der Waals surface area (Å²) < 4.78 is 47.1. The van der Waals surface area contributed by atoms with Gasteiger partial charge in [-0.3, -0.25) is 0 Å². The first kappa shape index (κ1) is 15.8. The van der Waals surface area contributed by atoms with E-state index in [1.165, 1.54) is 12.1 Å². The summed E-state index contributed by atoms with van der Waals surface area (Å²) in [6, 6.07) is 2.73. The predicted octanol–water partition coefficient (Wildman–Crippen LogP) is -1.68. The Hall–Kier alpha value is -1.27. The molecule has 19 heavy (non-hydrogen) atoms. The lowest BCUT2D eigenvalue weighted by Gasteiger charge is -2.06. The zero-order valence-corrected chi connectivity index (χ0v) is 11.5. The molecule has 0 bridgehead atoms. The van der Waals surface area contributed by atoms with Gasteiger partial charge in [0.05, 0.1) is 5.75 Å². The van der Waals surface area contributed by atoms with E-state index in [9.17, 15) is 16.8 Å². The van der Waals surface area contributed by atoms with E-state index in [0.717, 1.165) is 6.20 Å². The first-order valence-electron chi connectivity index (χ1n) is 5.17. The molecule has 0 aliphatic heterocycles. The third kappa shape index (κ3) is 5.48. The standard InChI is InChI=1S/C8H15N5O4S2/c9-13-8-3-2-7(6-11-8)19(16,17)12-4-1-5-18(10,14)15/h2-3,6,12H,1,4-5,9H2,(H,11,13)(H2,10,14,15). The second-order valence-corrected chi connectivity index (χ2v) is 7.14. The minimum atomic E-state index is -3.72. The number of aromatic nitrogens is 1. The summed E-state index contributed by atoms with van der Waals surface area (Å²) in [7, 11) is -7.30. The van der Waals surface area contributed by atoms with Crippen LogP contribution in [-0.4, -0.2) is 34.1 Å². The fraction of sp³-hybridized carbons (Fsp3) is 0.375. The van der Waals surface area contributed by atoms with Gasteiger partial charge in [-0.15, -0.1) is 0 Å². The monoisotopic (exact) mass is 309 g/mol. The van der Waals surface area contributed by atoms with Crippen molar-refractivity contribution >= 4 is 25.9 Å². The smallest absolute Gasteiger partial charge is 0.242 e. The molecule has 1 aromatic rings. The Morgan fingerprint density at radius 2 is 1.89 bits per heavy atom. The van der Waals surface area contributed by atoms with E-state index in [4.69, 9.17) is 11.0 Å². The second-order valence-electron chi connectivity index (χ2n) is 3.64. The lowest BCUT2D eigenvalue weighted by molar-refractivity contribution is 0.576. The number of nitrogens with one attached hydrogen (secondary N) is 2. The molecule has 0 aromatic carbocycles. The van der Waals surface area contributed by atoms with E-state index in [-0.39, 0.29) is 23.6 Å². The lowest BCUT2D eigenvalue weighted by Crippen LogP contribution is -2.27. The van der Waals surface area contributed by atoms with E-state index in [2.05, 4.69) is 15.1 Å². The maximum atomic E-state index is 11.8. The van der Waals surface area contributed by atoms with Gasteiger partial charge in [0.15, 0.2) is 0 Å². The Morgan fingerprint density at radius 3 is 2.37 bits per heavy atom. The average molecular weight is 309 g/mol. The van der Waals surface area contributed by atoms with Gasteiger partial charge in [-0.25, -0.2) is 37.5 Å². The molecule has 0 unspecified atom stereocenters. The number of nitrogen functional groups attached to an aromatic ring is 1. The minimum Gasteiger partial charge on any atom is -0.308 e. The highest BCUT2D eigenvalue weighted by Crippen LogP contribution is 2.09. The number of hydrazine groups is 1. The molecule has 0 aliphatic carbocycles. The van der Waals surface area contributed by atoms with Crippen molar-refractivity contribution in [3.05, 3.63) is 18.3 Å². The van der Waals surface area contributed by atoms with Crippen molar-refractivity contribution in [2.75, 3.05) is 17.7 Å². The minimum absolute atomic E-state index is 0.0321. The molecule has 0 fully saturated rings. The van der Waals surface area contributed by atoms with E-state index < -0.39 is 20.0 Å². The number of rotatable bonds is 7.